The molecule has 0 aromatic heterocycles. The van der Waals surface area contributed by atoms with Gasteiger partial charge in [-0.05, 0) is 57.3 Å². The van der Waals surface area contributed by atoms with Crippen LogP contribution in [0.15, 0.2) is 108 Å². The quantitative estimate of drug-likeness (QED) is 0.233. The molecule has 0 saturated heterocycles. The van der Waals surface area contributed by atoms with E-state index in [1.54, 1.807) is 22.3 Å². The van der Waals surface area contributed by atoms with E-state index in [1.807, 2.05) is 0 Å². The Balaban J connectivity index is 1.49. The molecule has 0 unspecified atom stereocenters. The van der Waals surface area contributed by atoms with Crippen molar-refractivity contribution < 1.29 is 0 Å². The SMILES string of the molecule is CCC1=Cc2c(-c3ccccc3)cccc2[C@H]1[Si](C)(C)[C@H]1C(CC)=Cc2c(-c3ccccc3)cccc21. The van der Waals surface area contributed by atoms with Gasteiger partial charge < -0.3 is 0 Å². The first kappa shape index (κ1) is 23.9. The van der Waals surface area contributed by atoms with Crippen LogP contribution in [0.2, 0.25) is 13.1 Å². The number of allylic oxidation sites excluding steroid dienone is 2. The van der Waals surface area contributed by atoms with Gasteiger partial charge in [0.05, 0.1) is 8.07 Å². The lowest BCUT2D eigenvalue weighted by molar-refractivity contribution is 0.898. The summed E-state index contributed by atoms with van der Waals surface area (Å²) in [5, 5.41) is 0. The van der Waals surface area contributed by atoms with Crippen LogP contribution < -0.4 is 0 Å². The molecule has 2 atom stereocenters. The summed E-state index contributed by atoms with van der Waals surface area (Å²) in [5.41, 5.74) is 15.7. The van der Waals surface area contributed by atoms with Crippen LogP contribution in [0, 0.1) is 0 Å². The molecule has 0 heterocycles. The minimum Gasteiger partial charge on any atom is -0.0679 e. The molecule has 0 N–H and O–H groups in total. The molecule has 0 aliphatic heterocycles. The molecule has 0 saturated carbocycles. The number of hydrogen-bond donors (Lipinski definition) is 0. The van der Waals surface area contributed by atoms with E-state index < -0.39 is 8.07 Å². The molecule has 0 radical (unpaired) electrons. The van der Waals surface area contributed by atoms with Crippen LogP contribution in [-0.4, -0.2) is 8.07 Å². The highest BCUT2D eigenvalue weighted by molar-refractivity contribution is 6.81. The molecule has 0 bridgehead atoms. The van der Waals surface area contributed by atoms with E-state index in [-0.39, 0.29) is 0 Å². The second-order valence-electron chi connectivity index (χ2n) is 11.2. The predicted octanol–water partition coefficient (Wildman–Crippen LogP) is 10.3. The summed E-state index contributed by atoms with van der Waals surface area (Å²) >= 11 is 0. The van der Waals surface area contributed by atoms with E-state index in [4.69, 9.17) is 0 Å². The first-order chi connectivity index (χ1) is 18.0. The molecule has 2 aliphatic rings. The van der Waals surface area contributed by atoms with Crippen molar-refractivity contribution in [3.05, 3.63) is 130 Å². The van der Waals surface area contributed by atoms with Crippen molar-refractivity contribution in [2.75, 3.05) is 0 Å². The Kier molecular flexibility index (Phi) is 6.13. The number of rotatable bonds is 6. The molecule has 1 heteroatoms. The average Bonchev–Trinajstić information content (AvgIpc) is 3.53. The van der Waals surface area contributed by atoms with Gasteiger partial charge in [0.25, 0.3) is 0 Å². The lowest BCUT2D eigenvalue weighted by atomic mass is 9.97. The topological polar surface area (TPSA) is 0 Å². The zero-order valence-corrected chi connectivity index (χ0v) is 23.5. The highest BCUT2D eigenvalue weighted by atomic mass is 28.3. The van der Waals surface area contributed by atoms with Crippen LogP contribution in [0.3, 0.4) is 0 Å². The van der Waals surface area contributed by atoms with Gasteiger partial charge in [-0.1, -0.05) is 147 Å². The minimum absolute atomic E-state index is 0.530. The van der Waals surface area contributed by atoms with E-state index in [2.05, 4.69) is 136 Å². The Bertz CT molecular complexity index is 1390. The van der Waals surface area contributed by atoms with Gasteiger partial charge in [-0.15, -0.1) is 0 Å². The van der Waals surface area contributed by atoms with Crippen molar-refractivity contribution in [3.63, 3.8) is 0 Å². The van der Waals surface area contributed by atoms with Gasteiger partial charge in [-0.2, -0.15) is 0 Å². The minimum atomic E-state index is -1.89. The number of hydrogen-bond acceptors (Lipinski definition) is 0. The van der Waals surface area contributed by atoms with Crippen LogP contribution >= 0.6 is 0 Å². The van der Waals surface area contributed by atoms with Crippen molar-refractivity contribution >= 4 is 20.2 Å². The molecule has 184 valence electrons. The standard InChI is InChI=1S/C36H36Si/c1-5-25-23-33-29(27-15-9-7-10-16-27)19-13-21-31(33)35(25)37(3,4)36-26(6-2)24-34-30(20-14-22-32(34)36)28-17-11-8-12-18-28/h7-24,35-36H,5-6H2,1-4H3/t35-,36-/m0/s1. The van der Waals surface area contributed by atoms with Crippen molar-refractivity contribution in [3.8, 4) is 22.3 Å². The highest BCUT2D eigenvalue weighted by Gasteiger charge is 2.48. The van der Waals surface area contributed by atoms with Gasteiger partial charge in [-0.3, -0.25) is 0 Å². The first-order valence-corrected chi connectivity index (χ1v) is 17.0. The van der Waals surface area contributed by atoms with E-state index in [9.17, 15) is 0 Å². The molecule has 2 aliphatic carbocycles. The molecule has 0 spiro atoms. The Morgan fingerprint density at radius 2 is 0.919 bits per heavy atom. The van der Waals surface area contributed by atoms with Crippen molar-refractivity contribution in [2.24, 2.45) is 0 Å². The van der Waals surface area contributed by atoms with E-state index in [1.165, 1.54) is 33.4 Å². The van der Waals surface area contributed by atoms with Gasteiger partial charge >= 0.3 is 0 Å². The maximum absolute atomic E-state index is 2.66. The second-order valence-corrected chi connectivity index (χ2v) is 16.0. The molecule has 0 amide bonds. The summed E-state index contributed by atoms with van der Waals surface area (Å²) in [4.78, 5) is 0. The van der Waals surface area contributed by atoms with Crippen LogP contribution in [0.4, 0.5) is 0 Å². The summed E-state index contributed by atoms with van der Waals surface area (Å²) in [5.74, 6) is 0. The zero-order valence-electron chi connectivity index (χ0n) is 22.5. The molecular weight excluding hydrogens is 460 g/mol. The van der Waals surface area contributed by atoms with E-state index in [0.29, 0.717) is 11.1 Å². The lowest BCUT2D eigenvalue weighted by Gasteiger charge is -2.40. The van der Waals surface area contributed by atoms with Gasteiger partial charge in [0, 0.05) is 11.1 Å². The van der Waals surface area contributed by atoms with Crippen LogP contribution in [-0.2, 0) is 0 Å². The smallest absolute Gasteiger partial charge is 0.0679 e. The first-order valence-electron chi connectivity index (χ1n) is 13.8. The fraction of sp³-hybridized carbons (Fsp3) is 0.222. The van der Waals surface area contributed by atoms with Crippen molar-refractivity contribution in [1.29, 1.82) is 0 Å². The van der Waals surface area contributed by atoms with Gasteiger partial charge in [0.1, 0.15) is 0 Å². The second kappa shape index (κ2) is 9.47. The summed E-state index contributed by atoms with van der Waals surface area (Å²) in [6.45, 7) is 10.0. The summed E-state index contributed by atoms with van der Waals surface area (Å²) in [6.07, 6.45) is 7.31. The highest BCUT2D eigenvalue weighted by Crippen LogP contribution is 2.55. The Hall–Kier alpha value is -3.42. The Morgan fingerprint density at radius 3 is 1.30 bits per heavy atom. The van der Waals surface area contributed by atoms with Crippen molar-refractivity contribution in [2.45, 2.75) is 50.9 Å². The fourth-order valence-electron chi connectivity index (χ4n) is 7.20. The van der Waals surface area contributed by atoms with Crippen molar-refractivity contribution in [1.82, 2.24) is 0 Å². The Labute approximate surface area is 223 Å². The van der Waals surface area contributed by atoms with Crippen LogP contribution in [0.25, 0.3) is 34.4 Å². The third-order valence-electron chi connectivity index (χ3n) is 8.78. The van der Waals surface area contributed by atoms with E-state index >= 15 is 0 Å². The third-order valence-corrected chi connectivity index (χ3v) is 13.1. The maximum atomic E-state index is 2.66. The normalized spacial score (nSPS) is 18.3. The fourth-order valence-corrected chi connectivity index (χ4v) is 12.1. The Morgan fingerprint density at radius 1 is 0.514 bits per heavy atom. The predicted molar refractivity (Wildman–Crippen MR) is 163 cm³/mol. The molecule has 4 aromatic carbocycles. The van der Waals surface area contributed by atoms with Crippen LogP contribution in [0.5, 0.6) is 0 Å². The lowest BCUT2D eigenvalue weighted by Crippen LogP contribution is -2.42. The number of fused-ring (bicyclic) bond motifs is 2. The molecule has 37 heavy (non-hydrogen) atoms. The summed E-state index contributed by atoms with van der Waals surface area (Å²) < 4.78 is 0. The summed E-state index contributed by atoms with van der Waals surface area (Å²) in [6, 6.07) is 35.9. The van der Waals surface area contributed by atoms with Crippen LogP contribution in [0.1, 0.15) is 60.0 Å². The van der Waals surface area contributed by atoms with E-state index in [0.717, 1.165) is 12.8 Å². The molecule has 6 rings (SSSR count). The summed E-state index contributed by atoms with van der Waals surface area (Å²) in [7, 11) is -1.89. The third kappa shape index (κ3) is 3.88. The largest absolute Gasteiger partial charge is 0.0722 e. The zero-order chi connectivity index (χ0) is 25.6. The molecular formula is C36H36Si. The van der Waals surface area contributed by atoms with Gasteiger partial charge in [0.15, 0.2) is 0 Å². The maximum Gasteiger partial charge on any atom is 0.0722 e. The molecule has 0 nitrogen and oxygen atoms in total. The average molecular weight is 497 g/mol. The molecule has 4 aromatic rings. The van der Waals surface area contributed by atoms with Gasteiger partial charge in [-0.25, -0.2) is 0 Å². The monoisotopic (exact) mass is 496 g/mol. The molecule has 0 fully saturated rings. The number of benzene rings is 4. The van der Waals surface area contributed by atoms with Gasteiger partial charge in [0.2, 0.25) is 0 Å².